The SMILES string of the molecule is O=C(O)c1cc(Nc2cccc3cccnc23)ccc1F. The van der Waals surface area contributed by atoms with E-state index in [1.807, 2.05) is 30.3 Å². The third-order valence-electron chi connectivity index (χ3n) is 3.11. The number of halogens is 1. The van der Waals surface area contributed by atoms with Gasteiger partial charge in [-0.3, -0.25) is 4.98 Å². The molecule has 0 aliphatic heterocycles. The number of fused-ring (bicyclic) bond motifs is 1. The summed E-state index contributed by atoms with van der Waals surface area (Å²) in [4.78, 5) is 15.3. The molecule has 3 rings (SSSR count). The second kappa shape index (κ2) is 5.20. The summed E-state index contributed by atoms with van der Waals surface area (Å²) in [6.45, 7) is 0. The normalized spacial score (nSPS) is 10.5. The molecule has 0 atom stereocenters. The van der Waals surface area contributed by atoms with Crippen LogP contribution in [0.4, 0.5) is 15.8 Å². The third-order valence-corrected chi connectivity index (χ3v) is 3.11. The largest absolute Gasteiger partial charge is 0.478 e. The van der Waals surface area contributed by atoms with Crippen molar-refractivity contribution in [2.45, 2.75) is 0 Å². The van der Waals surface area contributed by atoms with Gasteiger partial charge in [0.15, 0.2) is 0 Å². The summed E-state index contributed by atoms with van der Waals surface area (Å²) >= 11 is 0. The van der Waals surface area contributed by atoms with E-state index in [1.165, 1.54) is 12.1 Å². The fourth-order valence-corrected chi connectivity index (χ4v) is 2.13. The Bertz CT molecular complexity index is 828. The summed E-state index contributed by atoms with van der Waals surface area (Å²) in [7, 11) is 0. The number of aromatic carboxylic acids is 1. The summed E-state index contributed by atoms with van der Waals surface area (Å²) in [5.41, 5.74) is 1.62. The summed E-state index contributed by atoms with van der Waals surface area (Å²) in [5, 5.41) is 13.0. The van der Waals surface area contributed by atoms with Crippen LogP contribution < -0.4 is 5.32 Å². The predicted molar refractivity (Wildman–Crippen MR) is 78.4 cm³/mol. The number of carboxylic acid groups (broad SMARTS) is 1. The van der Waals surface area contributed by atoms with Crippen LogP contribution in [0.15, 0.2) is 54.7 Å². The number of nitrogens with one attached hydrogen (secondary N) is 1. The van der Waals surface area contributed by atoms with Crippen LogP contribution >= 0.6 is 0 Å². The predicted octanol–water partition coefficient (Wildman–Crippen LogP) is 3.82. The van der Waals surface area contributed by atoms with E-state index in [4.69, 9.17) is 5.11 Å². The molecule has 0 amide bonds. The lowest BCUT2D eigenvalue weighted by molar-refractivity contribution is 0.0692. The Labute approximate surface area is 119 Å². The quantitative estimate of drug-likeness (QED) is 0.766. The van der Waals surface area contributed by atoms with Gasteiger partial charge in [-0.15, -0.1) is 0 Å². The molecule has 3 aromatic rings. The molecule has 5 heteroatoms. The minimum absolute atomic E-state index is 0.367. The molecule has 2 aromatic carbocycles. The Hall–Kier alpha value is -2.95. The highest BCUT2D eigenvalue weighted by Crippen LogP contribution is 2.25. The van der Waals surface area contributed by atoms with Crippen molar-refractivity contribution in [2.24, 2.45) is 0 Å². The van der Waals surface area contributed by atoms with Gasteiger partial charge < -0.3 is 10.4 Å². The number of anilines is 2. The maximum Gasteiger partial charge on any atom is 0.338 e. The first-order chi connectivity index (χ1) is 10.1. The molecule has 4 nitrogen and oxygen atoms in total. The highest BCUT2D eigenvalue weighted by Gasteiger charge is 2.11. The van der Waals surface area contributed by atoms with Crippen molar-refractivity contribution < 1.29 is 14.3 Å². The minimum Gasteiger partial charge on any atom is -0.478 e. The Balaban J connectivity index is 2.03. The first-order valence-corrected chi connectivity index (χ1v) is 6.29. The van der Waals surface area contributed by atoms with E-state index in [0.29, 0.717) is 5.69 Å². The summed E-state index contributed by atoms with van der Waals surface area (Å²) in [6.07, 6.45) is 1.68. The molecule has 0 radical (unpaired) electrons. The average Bonchev–Trinajstić information content (AvgIpc) is 2.49. The van der Waals surface area contributed by atoms with Crippen molar-refractivity contribution in [2.75, 3.05) is 5.32 Å². The molecular weight excluding hydrogens is 271 g/mol. The Morgan fingerprint density at radius 1 is 1.14 bits per heavy atom. The number of hydrogen-bond acceptors (Lipinski definition) is 3. The van der Waals surface area contributed by atoms with Gasteiger partial charge >= 0.3 is 5.97 Å². The van der Waals surface area contributed by atoms with E-state index in [0.717, 1.165) is 22.7 Å². The van der Waals surface area contributed by atoms with Crippen molar-refractivity contribution in [1.82, 2.24) is 4.98 Å². The number of benzene rings is 2. The van der Waals surface area contributed by atoms with Crippen molar-refractivity contribution in [3.05, 3.63) is 66.1 Å². The molecular formula is C16H11FN2O2. The Morgan fingerprint density at radius 3 is 2.76 bits per heavy atom. The zero-order valence-electron chi connectivity index (χ0n) is 10.9. The zero-order valence-corrected chi connectivity index (χ0v) is 10.9. The molecule has 0 saturated carbocycles. The van der Waals surface area contributed by atoms with Crippen LogP contribution in [-0.2, 0) is 0 Å². The van der Waals surface area contributed by atoms with E-state index < -0.39 is 11.8 Å². The van der Waals surface area contributed by atoms with E-state index in [1.54, 1.807) is 6.20 Å². The molecule has 1 aromatic heterocycles. The Kier molecular flexibility index (Phi) is 3.23. The maximum atomic E-state index is 13.4. The fraction of sp³-hybridized carbons (Fsp3) is 0. The van der Waals surface area contributed by atoms with Gasteiger partial charge in [0.25, 0.3) is 0 Å². The van der Waals surface area contributed by atoms with Crippen LogP contribution in [-0.4, -0.2) is 16.1 Å². The monoisotopic (exact) mass is 282 g/mol. The van der Waals surface area contributed by atoms with E-state index in [2.05, 4.69) is 10.3 Å². The second-order valence-electron chi connectivity index (χ2n) is 4.51. The first-order valence-electron chi connectivity index (χ1n) is 6.29. The molecule has 1 heterocycles. The van der Waals surface area contributed by atoms with Gasteiger partial charge in [-0.1, -0.05) is 18.2 Å². The number of rotatable bonds is 3. The van der Waals surface area contributed by atoms with Crippen LogP contribution in [0.1, 0.15) is 10.4 Å². The number of hydrogen-bond donors (Lipinski definition) is 2. The average molecular weight is 282 g/mol. The van der Waals surface area contributed by atoms with Gasteiger partial charge in [0, 0.05) is 17.3 Å². The number of nitrogens with zero attached hydrogens (tertiary/aromatic N) is 1. The summed E-state index contributed by atoms with van der Waals surface area (Å²) in [6, 6.07) is 13.3. The number of pyridine rings is 1. The number of para-hydroxylation sites is 1. The first kappa shape index (κ1) is 13.1. The summed E-state index contributed by atoms with van der Waals surface area (Å²) < 4.78 is 13.4. The number of carboxylic acids is 1. The molecule has 0 fully saturated rings. The second-order valence-corrected chi connectivity index (χ2v) is 4.51. The molecule has 0 bridgehead atoms. The molecule has 0 spiro atoms. The van der Waals surface area contributed by atoms with Crippen LogP contribution in [0.2, 0.25) is 0 Å². The van der Waals surface area contributed by atoms with Crippen molar-refractivity contribution >= 4 is 28.2 Å². The molecule has 104 valence electrons. The zero-order chi connectivity index (χ0) is 14.8. The summed E-state index contributed by atoms with van der Waals surface area (Å²) in [5.74, 6) is -2.06. The third kappa shape index (κ3) is 2.53. The topological polar surface area (TPSA) is 62.2 Å². The number of aromatic nitrogens is 1. The molecule has 21 heavy (non-hydrogen) atoms. The lowest BCUT2D eigenvalue weighted by Crippen LogP contribution is -2.02. The van der Waals surface area contributed by atoms with Crippen LogP contribution in [0.25, 0.3) is 10.9 Å². The van der Waals surface area contributed by atoms with Crippen molar-refractivity contribution in [3.63, 3.8) is 0 Å². The van der Waals surface area contributed by atoms with Gasteiger partial charge in [-0.2, -0.15) is 0 Å². The molecule has 0 aliphatic carbocycles. The van der Waals surface area contributed by atoms with Gasteiger partial charge in [-0.05, 0) is 30.3 Å². The van der Waals surface area contributed by atoms with Crippen LogP contribution in [0.3, 0.4) is 0 Å². The van der Waals surface area contributed by atoms with Gasteiger partial charge in [0.1, 0.15) is 5.82 Å². The van der Waals surface area contributed by atoms with Crippen molar-refractivity contribution in [1.29, 1.82) is 0 Å². The van der Waals surface area contributed by atoms with Crippen LogP contribution in [0, 0.1) is 5.82 Å². The standard InChI is InChI=1S/C16H11FN2O2/c17-13-7-6-11(9-12(13)16(20)21)19-14-5-1-3-10-4-2-8-18-15(10)14/h1-9,19H,(H,20,21). The van der Waals surface area contributed by atoms with Crippen molar-refractivity contribution in [3.8, 4) is 0 Å². The van der Waals surface area contributed by atoms with Gasteiger partial charge in [0.2, 0.25) is 0 Å². The lowest BCUT2D eigenvalue weighted by Gasteiger charge is -2.10. The number of carbonyl (C=O) groups is 1. The molecule has 0 saturated heterocycles. The van der Waals surface area contributed by atoms with E-state index in [9.17, 15) is 9.18 Å². The van der Waals surface area contributed by atoms with E-state index >= 15 is 0 Å². The maximum absolute atomic E-state index is 13.4. The Morgan fingerprint density at radius 2 is 1.95 bits per heavy atom. The highest BCUT2D eigenvalue weighted by atomic mass is 19.1. The fourth-order valence-electron chi connectivity index (χ4n) is 2.13. The lowest BCUT2D eigenvalue weighted by atomic mass is 10.1. The smallest absolute Gasteiger partial charge is 0.338 e. The molecule has 0 unspecified atom stereocenters. The minimum atomic E-state index is -1.30. The van der Waals surface area contributed by atoms with Gasteiger partial charge in [-0.25, -0.2) is 9.18 Å². The van der Waals surface area contributed by atoms with E-state index in [-0.39, 0.29) is 5.56 Å². The molecule has 2 N–H and O–H groups in total. The molecule has 0 aliphatic rings. The van der Waals surface area contributed by atoms with Gasteiger partial charge in [0.05, 0.1) is 16.8 Å². The highest BCUT2D eigenvalue weighted by molar-refractivity contribution is 5.93. The van der Waals surface area contributed by atoms with Crippen LogP contribution in [0.5, 0.6) is 0 Å².